The molecule has 0 bridgehead atoms. The molecule has 24 heavy (non-hydrogen) atoms. The van der Waals surface area contributed by atoms with Crippen LogP contribution in [0.15, 0.2) is 48.5 Å². The lowest BCUT2D eigenvalue weighted by Gasteiger charge is -2.26. The van der Waals surface area contributed by atoms with Crippen molar-refractivity contribution in [2.24, 2.45) is 0 Å². The van der Waals surface area contributed by atoms with E-state index in [2.05, 4.69) is 0 Å². The van der Waals surface area contributed by atoms with E-state index in [0.29, 0.717) is 30.8 Å². The number of amides is 2. The van der Waals surface area contributed by atoms with Gasteiger partial charge in [0.1, 0.15) is 11.8 Å². The molecule has 1 N–H and O–H groups in total. The number of fused-ring (bicyclic) bond motifs is 2. The van der Waals surface area contributed by atoms with Crippen molar-refractivity contribution < 1.29 is 14.7 Å². The first kappa shape index (κ1) is 14.8. The van der Waals surface area contributed by atoms with Crippen LogP contribution in [0.3, 0.4) is 0 Å². The van der Waals surface area contributed by atoms with Gasteiger partial charge in [0, 0.05) is 6.54 Å². The summed E-state index contributed by atoms with van der Waals surface area (Å²) in [6, 6.07) is 14.0. The topological polar surface area (TPSA) is 60.9 Å². The predicted molar refractivity (Wildman–Crippen MR) is 89.8 cm³/mol. The molecule has 0 spiro atoms. The van der Waals surface area contributed by atoms with Crippen molar-refractivity contribution in [1.82, 2.24) is 4.90 Å². The molecule has 2 aromatic rings. The first-order valence-electron chi connectivity index (χ1n) is 8.15. The van der Waals surface area contributed by atoms with Crippen molar-refractivity contribution in [3.8, 4) is 5.75 Å². The summed E-state index contributed by atoms with van der Waals surface area (Å²) < 4.78 is 0. The standard InChI is InChI=1S/C19H18N2O3/c22-16-10-4-8-14-17(16)21(12-13-6-2-1-3-7-13)19(24)15-9-5-11-20(15)18(14)23/h1-4,6-8,10,15,22H,5,9,11-12H2/t15-/m0/s1. The van der Waals surface area contributed by atoms with E-state index in [1.165, 1.54) is 6.07 Å². The molecule has 1 fully saturated rings. The third kappa shape index (κ3) is 2.24. The lowest BCUT2D eigenvalue weighted by atomic mass is 10.1. The Morgan fingerprint density at radius 2 is 1.83 bits per heavy atom. The van der Waals surface area contributed by atoms with Gasteiger partial charge in [0.15, 0.2) is 0 Å². The molecule has 4 rings (SSSR count). The van der Waals surface area contributed by atoms with E-state index in [-0.39, 0.29) is 17.6 Å². The third-order valence-corrected chi connectivity index (χ3v) is 4.76. The number of benzene rings is 2. The molecule has 122 valence electrons. The lowest BCUT2D eigenvalue weighted by molar-refractivity contribution is -0.122. The van der Waals surface area contributed by atoms with Crippen molar-refractivity contribution in [3.05, 3.63) is 59.7 Å². The molecule has 0 saturated carbocycles. The van der Waals surface area contributed by atoms with Crippen molar-refractivity contribution >= 4 is 17.5 Å². The minimum atomic E-state index is -0.437. The second-order valence-corrected chi connectivity index (χ2v) is 6.24. The lowest BCUT2D eigenvalue weighted by Crippen LogP contribution is -2.44. The summed E-state index contributed by atoms with van der Waals surface area (Å²) >= 11 is 0. The minimum absolute atomic E-state index is 0.0358. The Morgan fingerprint density at radius 1 is 1.04 bits per heavy atom. The molecule has 2 aromatic carbocycles. The zero-order valence-corrected chi connectivity index (χ0v) is 13.2. The van der Waals surface area contributed by atoms with Crippen LogP contribution in [0.4, 0.5) is 5.69 Å². The maximum atomic E-state index is 13.1. The molecule has 0 radical (unpaired) electrons. The van der Waals surface area contributed by atoms with Gasteiger partial charge in [-0.25, -0.2) is 0 Å². The molecule has 0 unspecified atom stereocenters. The average molecular weight is 322 g/mol. The maximum absolute atomic E-state index is 13.1. The first-order chi connectivity index (χ1) is 11.7. The van der Waals surface area contributed by atoms with Crippen LogP contribution in [0.5, 0.6) is 5.75 Å². The number of carbonyl (C=O) groups is 2. The number of para-hydroxylation sites is 1. The number of nitrogens with zero attached hydrogens (tertiary/aromatic N) is 2. The Labute approximate surface area is 140 Å². The minimum Gasteiger partial charge on any atom is -0.506 e. The molecule has 0 aliphatic carbocycles. The Bertz CT molecular complexity index is 804. The zero-order chi connectivity index (χ0) is 16.7. The molecule has 2 heterocycles. The summed E-state index contributed by atoms with van der Waals surface area (Å²) in [5.41, 5.74) is 1.67. The highest BCUT2D eigenvalue weighted by Gasteiger charge is 2.42. The van der Waals surface area contributed by atoms with Crippen LogP contribution < -0.4 is 4.90 Å². The van der Waals surface area contributed by atoms with Crippen LogP contribution in [0.2, 0.25) is 0 Å². The van der Waals surface area contributed by atoms with Gasteiger partial charge in [-0.2, -0.15) is 0 Å². The maximum Gasteiger partial charge on any atom is 0.256 e. The van der Waals surface area contributed by atoms with Crippen molar-refractivity contribution in [1.29, 1.82) is 0 Å². The molecule has 1 atom stereocenters. The summed E-state index contributed by atoms with van der Waals surface area (Å²) in [6.45, 7) is 0.922. The van der Waals surface area contributed by atoms with E-state index >= 15 is 0 Å². The predicted octanol–water partition coefficient (Wildman–Crippen LogP) is 2.54. The summed E-state index contributed by atoms with van der Waals surface area (Å²) in [5, 5.41) is 10.4. The molecule has 5 heteroatoms. The SMILES string of the molecule is O=C1[C@@H]2CCCN2C(=O)c2cccc(O)c2N1Cc1ccccc1. The summed E-state index contributed by atoms with van der Waals surface area (Å²) in [5.74, 6) is -0.330. The Balaban J connectivity index is 1.85. The van der Waals surface area contributed by atoms with Crippen molar-refractivity contribution in [2.45, 2.75) is 25.4 Å². The smallest absolute Gasteiger partial charge is 0.256 e. The molecule has 0 aromatic heterocycles. The second kappa shape index (κ2) is 5.67. The van der Waals surface area contributed by atoms with Crippen LogP contribution in [0, 0.1) is 0 Å². The fraction of sp³-hybridized carbons (Fsp3) is 0.263. The van der Waals surface area contributed by atoms with Crippen molar-refractivity contribution in [2.75, 3.05) is 11.4 Å². The molecule has 2 amide bonds. The van der Waals surface area contributed by atoms with E-state index in [1.807, 2.05) is 30.3 Å². The summed E-state index contributed by atoms with van der Waals surface area (Å²) in [7, 11) is 0. The highest BCUT2D eigenvalue weighted by Crippen LogP contribution is 2.38. The Kier molecular flexibility index (Phi) is 3.49. The normalized spacial score (nSPS) is 19.9. The van der Waals surface area contributed by atoms with Gasteiger partial charge in [-0.1, -0.05) is 36.4 Å². The van der Waals surface area contributed by atoms with E-state index < -0.39 is 6.04 Å². The number of rotatable bonds is 2. The van der Waals surface area contributed by atoms with Crippen LogP contribution >= 0.6 is 0 Å². The fourth-order valence-electron chi connectivity index (χ4n) is 3.62. The highest BCUT2D eigenvalue weighted by atomic mass is 16.3. The molecular formula is C19H18N2O3. The summed E-state index contributed by atoms with van der Waals surface area (Å²) in [4.78, 5) is 29.2. The summed E-state index contributed by atoms with van der Waals surface area (Å²) in [6.07, 6.45) is 1.50. The van der Waals surface area contributed by atoms with Crippen LogP contribution in [0.1, 0.15) is 28.8 Å². The van der Waals surface area contributed by atoms with Gasteiger partial charge in [-0.05, 0) is 30.5 Å². The van der Waals surface area contributed by atoms with Gasteiger partial charge in [0.25, 0.3) is 5.91 Å². The number of phenols is 1. The molecule has 5 nitrogen and oxygen atoms in total. The molecule has 2 aliphatic rings. The molecule has 1 saturated heterocycles. The second-order valence-electron chi connectivity index (χ2n) is 6.24. The Hall–Kier alpha value is -2.82. The number of hydrogen-bond donors (Lipinski definition) is 1. The highest BCUT2D eigenvalue weighted by molar-refractivity contribution is 6.12. The van der Waals surface area contributed by atoms with Crippen molar-refractivity contribution in [3.63, 3.8) is 0 Å². The zero-order valence-electron chi connectivity index (χ0n) is 13.2. The number of carbonyl (C=O) groups excluding carboxylic acids is 2. The van der Waals surface area contributed by atoms with Gasteiger partial charge < -0.3 is 14.9 Å². The van der Waals surface area contributed by atoms with E-state index in [1.54, 1.807) is 21.9 Å². The van der Waals surface area contributed by atoms with Crippen LogP contribution in [-0.2, 0) is 11.3 Å². The fourth-order valence-corrected chi connectivity index (χ4v) is 3.62. The number of anilines is 1. The van der Waals surface area contributed by atoms with E-state index in [4.69, 9.17) is 0 Å². The first-order valence-corrected chi connectivity index (χ1v) is 8.15. The van der Waals surface area contributed by atoms with Gasteiger partial charge in [0.05, 0.1) is 17.8 Å². The van der Waals surface area contributed by atoms with E-state index in [0.717, 1.165) is 12.0 Å². The quantitative estimate of drug-likeness (QED) is 0.924. The largest absolute Gasteiger partial charge is 0.506 e. The third-order valence-electron chi connectivity index (χ3n) is 4.76. The van der Waals surface area contributed by atoms with E-state index in [9.17, 15) is 14.7 Å². The van der Waals surface area contributed by atoms with Crippen LogP contribution in [0.25, 0.3) is 0 Å². The average Bonchev–Trinajstić information content (AvgIpc) is 3.06. The number of aromatic hydroxyl groups is 1. The molecule has 2 aliphatic heterocycles. The Morgan fingerprint density at radius 3 is 2.62 bits per heavy atom. The molecular weight excluding hydrogens is 304 g/mol. The van der Waals surface area contributed by atoms with Gasteiger partial charge in [0.2, 0.25) is 5.91 Å². The van der Waals surface area contributed by atoms with Gasteiger partial charge in [-0.15, -0.1) is 0 Å². The van der Waals surface area contributed by atoms with Gasteiger partial charge in [-0.3, -0.25) is 9.59 Å². The number of hydrogen-bond acceptors (Lipinski definition) is 3. The number of phenolic OH excluding ortho intramolecular Hbond substituents is 1. The van der Waals surface area contributed by atoms with Gasteiger partial charge >= 0.3 is 0 Å². The van der Waals surface area contributed by atoms with Crippen LogP contribution in [-0.4, -0.2) is 34.4 Å². The monoisotopic (exact) mass is 322 g/mol.